The summed E-state index contributed by atoms with van der Waals surface area (Å²) in [4.78, 5) is 13.1. The number of likely N-dealkylation sites (tertiary alicyclic amines) is 1. The van der Waals surface area contributed by atoms with Gasteiger partial charge in [-0.2, -0.15) is 0 Å². The Hall–Kier alpha value is -0.530. The highest BCUT2D eigenvalue weighted by atomic mass is 16.2. The highest BCUT2D eigenvalue weighted by Gasteiger charge is 2.25. The Morgan fingerprint density at radius 1 is 1.36 bits per heavy atom. The molecule has 0 radical (unpaired) electrons. The van der Waals surface area contributed by atoms with Crippen LogP contribution in [-0.4, -0.2) is 24.4 Å². The van der Waals surface area contributed by atoms with Crippen LogP contribution in [0.2, 0.25) is 0 Å². The Balaban J connectivity index is 2.58. The molecule has 11 heavy (non-hydrogen) atoms. The lowest BCUT2D eigenvalue weighted by Gasteiger charge is -2.21. The summed E-state index contributed by atoms with van der Waals surface area (Å²) in [6.07, 6.45) is 2.90. The van der Waals surface area contributed by atoms with Crippen LogP contribution in [0, 0.1) is 5.41 Å². The molecule has 64 valence electrons. The number of nitrogens with zero attached hydrogens (tertiary/aromatic N) is 1. The molecule has 2 nitrogen and oxygen atoms in total. The minimum atomic E-state index is 0.301. The van der Waals surface area contributed by atoms with Gasteiger partial charge in [-0.25, -0.2) is 0 Å². The van der Waals surface area contributed by atoms with Crippen molar-refractivity contribution >= 4 is 5.91 Å². The maximum Gasteiger partial charge on any atom is 0.222 e. The van der Waals surface area contributed by atoms with E-state index in [1.807, 2.05) is 11.9 Å². The molecule has 0 bridgehead atoms. The summed E-state index contributed by atoms with van der Waals surface area (Å²) in [5.41, 5.74) is 0.362. The highest BCUT2D eigenvalue weighted by Crippen LogP contribution is 2.29. The summed E-state index contributed by atoms with van der Waals surface area (Å²) in [5, 5.41) is 0. The van der Waals surface area contributed by atoms with Crippen molar-refractivity contribution in [3.05, 3.63) is 0 Å². The zero-order valence-electron chi connectivity index (χ0n) is 7.68. The zero-order valence-corrected chi connectivity index (χ0v) is 7.68. The number of hydrogen-bond acceptors (Lipinski definition) is 1. The third-order valence-corrected chi connectivity index (χ3v) is 2.57. The molecule has 1 saturated heterocycles. The van der Waals surface area contributed by atoms with E-state index in [0.717, 1.165) is 25.8 Å². The van der Waals surface area contributed by atoms with Crippen molar-refractivity contribution < 1.29 is 4.79 Å². The smallest absolute Gasteiger partial charge is 0.222 e. The van der Waals surface area contributed by atoms with Crippen molar-refractivity contribution in [2.45, 2.75) is 33.1 Å². The van der Waals surface area contributed by atoms with Gasteiger partial charge in [-0.3, -0.25) is 4.79 Å². The predicted molar refractivity (Wildman–Crippen MR) is 45.3 cm³/mol. The minimum absolute atomic E-state index is 0.301. The van der Waals surface area contributed by atoms with Gasteiger partial charge in [-0.05, 0) is 18.3 Å². The van der Waals surface area contributed by atoms with Gasteiger partial charge in [-0.1, -0.05) is 13.8 Å². The zero-order chi connectivity index (χ0) is 8.48. The van der Waals surface area contributed by atoms with Gasteiger partial charge in [0.2, 0.25) is 5.91 Å². The lowest BCUT2D eigenvalue weighted by Crippen LogP contribution is -2.25. The summed E-state index contributed by atoms with van der Waals surface area (Å²) in [6, 6.07) is 0. The van der Waals surface area contributed by atoms with E-state index in [2.05, 4.69) is 13.8 Å². The lowest BCUT2D eigenvalue weighted by molar-refractivity contribution is -0.129. The molecule has 2 heteroatoms. The van der Waals surface area contributed by atoms with E-state index >= 15 is 0 Å². The topological polar surface area (TPSA) is 20.3 Å². The molecule has 1 aliphatic heterocycles. The second-order valence-electron chi connectivity index (χ2n) is 4.23. The fourth-order valence-corrected chi connectivity index (χ4v) is 1.36. The first-order valence-electron chi connectivity index (χ1n) is 4.25. The molecule has 1 heterocycles. The van der Waals surface area contributed by atoms with Crippen molar-refractivity contribution in [2.24, 2.45) is 5.41 Å². The summed E-state index contributed by atoms with van der Waals surface area (Å²) in [5.74, 6) is 0.301. The number of amides is 1. The second-order valence-corrected chi connectivity index (χ2v) is 4.23. The summed E-state index contributed by atoms with van der Waals surface area (Å²) in [6.45, 7) is 5.39. The van der Waals surface area contributed by atoms with Crippen LogP contribution < -0.4 is 0 Å². The summed E-state index contributed by atoms with van der Waals surface area (Å²) in [7, 11) is 1.89. The fraction of sp³-hybridized carbons (Fsp3) is 0.889. The van der Waals surface area contributed by atoms with Crippen LogP contribution in [0.25, 0.3) is 0 Å². The van der Waals surface area contributed by atoms with Gasteiger partial charge in [-0.15, -0.1) is 0 Å². The molecule has 0 unspecified atom stereocenters. The quantitative estimate of drug-likeness (QED) is 0.521. The van der Waals surface area contributed by atoms with E-state index < -0.39 is 0 Å². The van der Waals surface area contributed by atoms with Crippen LogP contribution in [0.5, 0.6) is 0 Å². The molecule has 1 amide bonds. The van der Waals surface area contributed by atoms with E-state index in [4.69, 9.17) is 0 Å². The van der Waals surface area contributed by atoms with E-state index in [0.29, 0.717) is 11.3 Å². The molecule has 1 aliphatic rings. The molecule has 1 fully saturated rings. The van der Waals surface area contributed by atoms with E-state index in [1.165, 1.54) is 0 Å². The number of carbonyl (C=O) groups excluding carboxylic acids is 1. The van der Waals surface area contributed by atoms with Gasteiger partial charge >= 0.3 is 0 Å². The maximum atomic E-state index is 11.2. The molecule has 0 N–H and O–H groups in total. The number of carbonyl (C=O) groups is 1. The van der Waals surface area contributed by atoms with Gasteiger partial charge < -0.3 is 4.90 Å². The Bertz CT molecular complexity index is 163. The molecule has 0 aromatic carbocycles. The number of rotatable bonds is 0. The van der Waals surface area contributed by atoms with Crippen molar-refractivity contribution in [2.75, 3.05) is 13.6 Å². The van der Waals surface area contributed by atoms with E-state index in [9.17, 15) is 4.79 Å². The highest BCUT2D eigenvalue weighted by molar-refractivity contribution is 5.76. The summed E-state index contributed by atoms with van der Waals surface area (Å²) < 4.78 is 0. The average Bonchev–Trinajstić information content (AvgIpc) is 2.03. The molecular weight excluding hydrogens is 138 g/mol. The van der Waals surface area contributed by atoms with Crippen LogP contribution in [-0.2, 0) is 4.79 Å². The molecule has 0 aromatic heterocycles. The monoisotopic (exact) mass is 155 g/mol. The van der Waals surface area contributed by atoms with E-state index in [1.54, 1.807) is 0 Å². The lowest BCUT2D eigenvalue weighted by atomic mass is 9.85. The van der Waals surface area contributed by atoms with E-state index in [-0.39, 0.29) is 0 Å². The van der Waals surface area contributed by atoms with Crippen molar-refractivity contribution in [3.63, 3.8) is 0 Å². The molecule has 0 spiro atoms. The van der Waals surface area contributed by atoms with Crippen LogP contribution in [0.1, 0.15) is 33.1 Å². The normalized spacial score (nSPS) is 25.0. The SMILES string of the molecule is CN1CCC(C)(C)CCC1=O. The Morgan fingerprint density at radius 3 is 2.64 bits per heavy atom. The van der Waals surface area contributed by atoms with Crippen molar-refractivity contribution in [1.29, 1.82) is 0 Å². The maximum absolute atomic E-state index is 11.2. The van der Waals surface area contributed by atoms with Crippen molar-refractivity contribution in [3.8, 4) is 0 Å². The summed E-state index contributed by atoms with van der Waals surface area (Å²) >= 11 is 0. The Labute approximate surface area is 68.6 Å². The van der Waals surface area contributed by atoms with Gasteiger partial charge in [0.25, 0.3) is 0 Å². The van der Waals surface area contributed by atoms with Crippen LogP contribution >= 0.6 is 0 Å². The molecule has 0 atom stereocenters. The van der Waals surface area contributed by atoms with Gasteiger partial charge in [0.1, 0.15) is 0 Å². The molecule has 0 aromatic rings. The number of hydrogen-bond donors (Lipinski definition) is 0. The largest absolute Gasteiger partial charge is 0.346 e. The first kappa shape index (κ1) is 8.57. The Kier molecular flexibility index (Phi) is 2.21. The van der Waals surface area contributed by atoms with Gasteiger partial charge in [0.05, 0.1) is 0 Å². The van der Waals surface area contributed by atoms with Crippen LogP contribution in [0.15, 0.2) is 0 Å². The first-order chi connectivity index (χ1) is 5.01. The van der Waals surface area contributed by atoms with Gasteiger partial charge in [0.15, 0.2) is 0 Å². The third-order valence-electron chi connectivity index (χ3n) is 2.57. The average molecular weight is 155 g/mol. The van der Waals surface area contributed by atoms with Crippen molar-refractivity contribution in [1.82, 2.24) is 4.90 Å². The van der Waals surface area contributed by atoms with Gasteiger partial charge in [0, 0.05) is 20.0 Å². The molecule has 0 saturated carbocycles. The van der Waals surface area contributed by atoms with Crippen LogP contribution in [0.4, 0.5) is 0 Å². The first-order valence-corrected chi connectivity index (χ1v) is 4.25. The molecular formula is C9H17NO. The third kappa shape index (κ3) is 2.21. The predicted octanol–water partition coefficient (Wildman–Crippen LogP) is 1.65. The standard InChI is InChI=1S/C9H17NO/c1-9(2)5-4-8(11)10(3)7-6-9/h4-7H2,1-3H3. The fourth-order valence-electron chi connectivity index (χ4n) is 1.36. The minimum Gasteiger partial charge on any atom is -0.346 e. The van der Waals surface area contributed by atoms with Crippen LogP contribution in [0.3, 0.4) is 0 Å². The second kappa shape index (κ2) is 2.84. The molecule has 1 rings (SSSR count). The molecule has 0 aliphatic carbocycles. The Morgan fingerprint density at radius 2 is 2.00 bits per heavy atom.